The second-order valence-corrected chi connectivity index (χ2v) is 7.48. The van der Waals surface area contributed by atoms with E-state index in [1.807, 2.05) is 18.2 Å². The molecule has 2 atom stereocenters. The number of hydrogen-bond donors (Lipinski definition) is 1. The van der Waals surface area contributed by atoms with Crippen LogP contribution in [0.4, 0.5) is 0 Å². The SMILES string of the molecule is COC1(OC)N=C(N)[C@]2(C#N)C3(CCC(c4ccccc4)CC3)[C@]12C#N. The molecule has 2 N–H and O–H groups in total. The lowest BCUT2D eigenvalue weighted by Gasteiger charge is -2.37. The van der Waals surface area contributed by atoms with Crippen LogP contribution in [0.15, 0.2) is 35.3 Å². The second kappa shape index (κ2) is 5.30. The van der Waals surface area contributed by atoms with Gasteiger partial charge in [-0.1, -0.05) is 30.3 Å². The van der Waals surface area contributed by atoms with Crippen LogP contribution in [-0.2, 0) is 9.47 Å². The van der Waals surface area contributed by atoms with Crippen LogP contribution in [0.3, 0.4) is 0 Å². The second-order valence-electron chi connectivity index (χ2n) is 7.48. The van der Waals surface area contributed by atoms with Crippen molar-refractivity contribution in [2.45, 2.75) is 37.5 Å². The van der Waals surface area contributed by atoms with Gasteiger partial charge in [0.2, 0.25) is 0 Å². The molecule has 26 heavy (non-hydrogen) atoms. The van der Waals surface area contributed by atoms with E-state index in [2.05, 4.69) is 29.3 Å². The molecule has 6 nitrogen and oxygen atoms in total. The highest BCUT2D eigenvalue weighted by Gasteiger charge is 3.00. The summed E-state index contributed by atoms with van der Waals surface area (Å²) in [5.41, 5.74) is 4.61. The van der Waals surface area contributed by atoms with Gasteiger partial charge < -0.3 is 15.2 Å². The fourth-order valence-corrected chi connectivity index (χ4v) is 5.90. The van der Waals surface area contributed by atoms with Crippen molar-refractivity contribution in [3.8, 4) is 12.1 Å². The van der Waals surface area contributed by atoms with Crippen LogP contribution in [0, 0.1) is 38.9 Å². The monoisotopic (exact) mass is 350 g/mol. The van der Waals surface area contributed by atoms with E-state index >= 15 is 0 Å². The van der Waals surface area contributed by atoms with Crippen molar-refractivity contribution in [2.75, 3.05) is 14.2 Å². The van der Waals surface area contributed by atoms with Crippen LogP contribution < -0.4 is 5.73 Å². The van der Waals surface area contributed by atoms with Gasteiger partial charge in [-0.2, -0.15) is 10.5 Å². The Bertz CT molecular complexity index is 841. The first kappa shape index (κ1) is 17.0. The van der Waals surface area contributed by atoms with Gasteiger partial charge >= 0.3 is 0 Å². The van der Waals surface area contributed by atoms with Gasteiger partial charge in [-0.05, 0) is 37.2 Å². The normalized spacial score (nSPS) is 39.5. The van der Waals surface area contributed by atoms with Gasteiger partial charge in [-0.15, -0.1) is 0 Å². The summed E-state index contributed by atoms with van der Waals surface area (Å²) in [4.78, 5) is 4.31. The van der Waals surface area contributed by atoms with Crippen molar-refractivity contribution >= 4 is 5.84 Å². The summed E-state index contributed by atoms with van der Waals surface area (Å²) in [6.07, 6.45) is 3.23. The Morgan fingerprint density at radius 3 is 2.19 bits per heavy atom. The standard InChI is InChI=1S/C20H22N4O2/c1-25-20(26-2)19(13-22)17(18(19,12-21)16(23)24-20)10-8-15(9-11-17)14-6-4-3-5-7-14/h3-7,15H,8-11H2,1-2H3,(H2,23,24)/t15?,17?,18-,19+/m1/s1. The van der Waals surface area contributed by atoms with Gasteiger partial charge in [0.1, 0.15) is 11.3 Å². The molecule has 1 aromatic carbocycles. The summed E-state index contributed by atoms with van der Waals surface area (Å²) in [6.45, 7) is 0. The number of hydrogen-bond acceptors (Lipinski definition) is 6. The lowest BCUT2D eigenvalue weighted by Crippen LogP contribution is -2.44. The van der Waals surface area contributed by atoms with E-state index in [0.717, 1.165) is 25.7 Å². The molecule has 0 radical (unpaired) electrons. The summed E-state index contributed by atoms with van der Waals surface area (Å²) in [5.74, 6) is -0.920. The topological polar surface area (TPSA) is 104 Å². The Morgan fingerprint density at radius 2 is 1.69 bits per heavy atom. The number of methoxy groups -OCH3 is 2. The molecule has 134 valence electrons. The van der Waals surface area contributed by atoms with Crippen molar-refractivity contribution < 1.29 is 9.47 Å². The molecule has 0 amide bonds. The maximum absolute atomic E-state index is 10.2. The molecular formula is C20H22N4O2. The zero-order valence-electron chi connectivity index (χ0n) is 15.0. The number of fused-ring (bicyclic) bond motifs is 3. The molecule has 0 saturated heterocycles. The lowest BCUT2D eigenvalue weighted by atomic mass is 9.71. The van der Waals surface area contributed by atoms with Gasteiger partial charge in [0.25, 0.3) is 5.91 Å². The zero-order chi connectivity index (χ0) is 18.6. The highest BCUT2D eigenvalue weighted by molar-refractivity contribution is 6.00. The summed E-state index contributed by atoms with van der Waals surface area (Å²) >= 11 is 0. The van der Waals surface area contributed by atoms with E-state index in [1.54, 1.807) is 0 Å². The Kier molecular flexibility index (Phi) is 3.47. The number of aliphatic imine (C=N–C) groups is 1. The predicted octanol–water partition coefficient (Wildman–Crippen LogP) is 2.68. The number of rotatable bonds is 3. The minimum atomic E-state index is -1.51. The molecule has 0 bridgehead atoms. The van der Waals surface area contributed by atoms with Crippen LogP contribution in [0.25, 0.3) is 0 Å². The molecule has 2 fully saturated rings. The molecular weight excluding hydrogens is 328 g/mol. The van der Waals surface area contributed by atoms with Gasteiger partial charge in [0, 0.05) is 19.6 Å². The maximum atomic E-state index is 10.2. The van der Waals surface area contributed by atoms with Gasteiger partial charge in [0.15, 0.2) is 5.41 Å². The van der Waals surface area contributed by atoms with Crippen molar-refractivity contribution in [1.82, 2.24) is 0 Å². The van der Waals surface area contributed by atoms with Crippen LogP contribution in [0.1, 0.15) is 37.2 Å². The Morgan fingerprint density at radius 1 is 1.08 bits per heavy atom. The molecule has 1 aromatic rings. The van der Waals surface area contributed by atoms with Crippen molar-refractivity contribution in [3.05, 3.63) is 35.9 Å². The van der Waals surface area contributed by atoms with E-state index in [-0.39, 0.29) is 5.84 Å². The Labute approximate surface area is 153 Å². The maximum Gasteiger partial charge on any atom is 0.292 e. The van der Waals surface area contributed by atoms with E-state index in [4.69, 9.17) is 15.2 Å². The van der Waals surface area contributed by atoms with Gasteiger partial charge in [-0.3, -0.25) is 0 Å². The van der Waals surface area contributed by atoms with Crippen molar-refractivity contribution in [3.63, 3.8) is 0 Å². The van der Waals surface area contributed by atoms with E-state index in [0.29, 0.717) is 5.92 Å². The molecule has 4 rings (SSSR count). The third-order valence-corrected chi connectivity index (χ3v) is 7.06. The quantitative estimate of drug-likeness (QED) is 0.844. The van der Waals surface area contributed by atoms with Crippen LogP contribution >= 0.6 is 0 Å². The highest BCUT2D eigenvalue weighted by atomic mass is 16.7. The van der Waals surface area contributed by atoms with Crippen LogP contribution in [0.2, 0.25) is 0 Å². The van der Waals surface area contributed by atoms with E-state index in [9.17, 15) is 10.5 Å². The van der Waals surface area contributed by atoms with E-state index in [1.165, 1.54) is 19.8 Å². The zero-order valence-corrected chi connectivity index (χ0v) is 15.0. The summed E-state index contributed by atoms with van der Waals surface area (Å²) in [5, 5.41) is 20.3. The number of benzene rings is 1. The molecule has 0 unspecified atom stereocenters. The molecule has 1 aliphatic heterocycles. The van der Waals surface area contributed by atoms with Gasteiger partial charge in [-0.25, -0.2) is 4.99 Å². The largest absolute Gasteiger partial charge is 0.386 e. The number of nitriles is 2. The van der Waals surface area contributed by atoms with Crippen LogP contribution in [-0.4, -0.2) is 26.0 Å². The molecule has 1 heterocycles. The average Bonchev–Trinajstić information content (AvgIpc) is 3.11. The number of nitrogens with two attached hydrogens (primary N) is 1. The number of nitrogens with zero attached hydrogens (tertiary/aromatic N) is 3. The molecule has 2 saturated carbocycles. The minimum absolute atomic E-state index is 0.170. The molecule has 3 aliphatic rings. The highest BCUT2D eigenvalue weighted by Crippen LogP contribution is 2.89. The molecule has 6 heteroatoms. The van der Waals surface area contributed by atoms with Crippen molar-refractivity contribution in [2.24, 2.45) is 27.0 Å². The van der Waals surface area contributed by atoms with Gasteiger partial charge in [0.05, 0.1) is 12.1 Å². The molecule has 1 spiro atoms. The number of ether oxygens (including phenoxy) is 2. The lowest BCUT2D eigenvalue weighted by molar-refractivity contribution is -0.238. The fourth-order valence-electron chi connectivity index (χ4n) is 5.90. The van der Waals surface area contributed by atoms with Crippen LogP contribution in [0.5, 0.6) is 0 Å². The molecule has 2 aliphatic carbocycles. The summed E-state index contributed by atoms with van der Waals surface area (Å²) < 4.78 is 11.1. The Hall–Kier alpha value is -2.41. The fraction of sp³-hybridized carbons (Fsp3) is 0.550. The Balaban J connectivity index is 1.74. The first-order valence-electron chi connectivity index (χ1n) is 8.88. The van der Waals surface area contributed by atoms with E-state index < -0.39 is 22.2 Å². The minimum Gasteiger partial charge on any atom is -0.386 e. The predicted molar refractivity (Wildman–Crippen MR) is 94.5 cm³/mol. The average molecular weight is 350 g/mol. The first-order chi connectivity index (χ1) is 12.5. The third-order valence-electron chi connectivity index (χ3n) is 7.06. The first-order valence-corrected chi connectivity index (χ1v) is 8.88. The summed E-state index contributed by atoms with van der Waals surface area (Å²) in [6, 6.07) is 15.1. The smallest absolute Gasteiger partial charge is 0.292 e. The molecule has 0 aromatic heterocycles. The third kappa shape index (κ3) is 1.48. The van der Waals surface area contributed by atoms with Crippen molar-refractivity contribution in [1.29, 1.82) is 10.5 Å². The number of amidine groups is 1. The summed E-state index contributed by atoms with van der Waals surface area (Å²) in [7, 11) is 2.91.